The SMILES string of the molecule is CC(NC(=O)C1(N)CCOCC1)c1noc(-c2ccc(Cl)cc2)n1.Cl. The van der Waals surface area contributed by atoms with E-state index < -0.39 is 11.6 Å². The maximum absolute atomic E-state index is 12.4. The van der Waals surface area contributed by atoms with E-state index in [1.165, 1.54) is 0 Å². The molecule has 0 radical (unpaired) electrons. The van der Waals surface area contributed by atoms with Crippen molar-refractivity contribution in [2.45, 2.75) is 31.3 Å². The first-order valence-electron chi connectivity index (χ1n) is 7.75. The van der Waals surface area contributed by atoms with Gasteiger partial charge in [-0.25, -0.2) is 0 Å². The number of carbonyl (C=O) groups is 1. The van der Waals surface area contributed by atoms with Gasteiger partial charge >= 0.3 is 0 Å². The van der Waals surface area contributed by atoms with Crippen LogP contribution in [0.4, 0.5) is 0 Å². The van der Waals surface area contributed by atoms with Gasteiger partial charge in [0.15, 0.2) is 5.82 Å². The van der Waals surface area contributed by atoms with Crippen LogP contribution in [-0.2, 0) is 9.53 Å². The fourth-order valence-electron chi connectivity index (χ4n) is 2.49. The molecule has 1 aromatic heterocycles. The third-order valence-electron chi connectivity index (χ3n) is 4.11. The first-order chi connectivity index (χ1) is 11.5. The van der Waals surface area contributed by atoms with Crippen LogP contribution in [0.3, 0.4) is 0 Å². The normalized spacial score (nSPS) is 17.4. The highest BCUT2D eigenvalue weighted by Gasteiger charge is 2.37. The minimum absolute atomic E-state index is 0. The number of amides is 1. The van der Waals surface area contributed by atoms with Gasteiger partial charge in [0.05, 0.1) is 11.6 Å². The van der Waals surface area contributed by atoms with Gasteiger partial charge in [0.25, 0.3) is 5.89 Å². The van der Waals surface area contributed by atoms with Gasteiger partial charge in [0.1, 0.15) is 0 Å². The molecule has 1 aliphatic rings. The molecule has 1 atom stereocenters. The van der Waals surface area contributed by atoms with E-state index in [0.717, 1.165) is 5.56 Å². The van der Waals surface area contributed by atoms with E-state index in [2.05, 4.69) is 15.5 Å². The Labute approximate surface area is 156 Å². The van der Waals surface area contributed by atoms with Crippen molar-refractivity contribution in [2.75, 3.05) is 13.2 Å². The van der Waals surface area contributed by atoms with Crippen LogP contribution < -0.4 is 11.1 Å². The van der Waals surface area contributed by atoms with Gasteiger partial charge in [-0.3, -0.25) is 4.79 Å². The number of carbonyl (C=O) groups excluding carboxylic acids is 1. The number of benzene rings is 1. The Hall–Kier alpha value is -1.67. The van der Waals surface area contributed by atoms with E-state index in [4.69, 9.17) is 26.6 Å². The molecule has 1 saturated heterocycles. The third-order valence-corrected chi connectivity index (χ3v) is 4.36. The maximum atomic E-state index is 12.4. The smallest absolute Gasteiger partial charge is 0.257 e. The molecule has 25 heavy (non-hydrogen) atoms. The van der Waals surface area contributed by atoms with Crippen molar-refractivity contribution in [1.29, 1.82) is 0 Å². The first kappa shape index (κ1) is 19.7. The molecule has 1 unspecified atom stereocenters. The van der Waals surface area contributed by atoms with Gasteiger partial charge in [0, 0.05) is 23.8 Å². The van der Waals surface area contributed by atoms with Crippen LogP contribution in [0.1, 0.15) is 31.6 Å². The van der Waals surface area contributed by atoms with Gasteiger partial charge in [-0.2, -0.15) is 4.98 Å². The summed E-state index contributed by atoms with van der Waals surface area (Å²) in [6.45, 7) is 2.76. The van der Waals surface area contributed by atoms with Crippen LogP contribution in [-0.4, -0.2) is 34.8 Å². The topological polar surface area (TPSA) is 103 Å². The Morgan fingerprint density at radius 2 is 1.96 bits per heavy atom. The molecular formula is C16H20Cl2N4O3. The van der Waals surface area contributed by atoms with Crippen molar-refractivity contribution in [3.05, 3.63) is 35.1 Å². The quantitative estimate of drug-likeness (QED) is 0.836. The van der Waals surface area contributed by atoms with Gasteiger partial charge in [-0.15, -0.1) is 12.4 Å². The summed E-state index contributed by atoms with van der Waals surface area (Å²) >= 11 is 5.86. The number of hydrogen-bond acceptors (Lipinski definition) is 6. The van der Waals surface area contributed by atoms with Crippen LogP contribution in [0.25, 0.3) is 11.5 Å². The van der Waals surface area contributed by atoms with E-state index in [-0.39, 0.29) is 18.3 Å². The number of nitrogens with zero attached hydrogens (tertiary/aromatic N) is 2. The summed E-state index contributed by atoms with van der Waals surface area (Å²) in [6, 6.07) is 6.66. The number of hydrogen-bond donors (Lipinski definition) is 2. The summed E-state index contributed by atoms with van der Waals surface area (Å²) in [5.41, 5.74) is 6.02. The predicted molar refractivity (Wildman–Crippen MR) is 95.5 cm³/mol. The largest absolute Gasteiger partial charge is 0.381 e. The highest BCUT2D eigenvalue weighted by molar-refractivity contribution is 6.30. The lowest BCUT2D eigenvalue weighted by Gasteiger charge is -2.32. The molecule has 0 aliphatic carbocycles. The summed E-state index contributed by atoms with van der Waals surface area (Å²) in [5.74, 6) is 0.538. The van der Waals surface area contributed by atoms with Crippen LogP contribution >= 0.6 is 24.0 Å². The molecule has 1 fully saturated rings. The number of halogens is 2. The van der Waals surface area contributed by atoms with E-state index in [0.29, 0.717) is 42.8 Å². The lowest BCUT2D eigenvalue weighted by atomic mass is 9.90. The summed E-state index contributed by atoms with van der Waals surface area (Å²) in [7, 11) is 0. The zero-order valence-electron chi connectivity index (χ0n) is 13.7. The second-order valence-electron chi connectivity index (χ2n) is 5.93. The summed E-state index contributed by atoms with van der Waals surface area (Å²) < 4.78 is 10.5. The zero-order valence-corrected chi connectivity index (χ0v) is 15.3. The van der Waals surface area contributed by atoms with Gasteiger partial charge < -0.3 is 20.3 Å². The Balaban J connectivity index is 0.00000225. The van der Waals surface area contributed by atoms with E-state index in [9.17, 15) is 4.79 Å². The first-order valence-corrected chi connectivity index (χ1v) is 8.13. The highest BCUT2D eigenvalue weighted by Crippen LogP contribution is 2.23. The highest BCUT2D eigenvalue weighted by atomic mass is 35.5. The number of aromatic nitrogens is 2. The second-order valence-corrected chi connectivity index (χ2v) is 6.36. The third kappa shape index (κ3) is 4.49. The van der Waals surface area contributed by atoms with E-state index in [1.54, 1.807) is 31.2 Å². The maximum Gasteiger partial charge on any atom is 0.257 e. The van der Waals surface area contributed by atoms with Gasteiger partial charge in [0.2, 0.25) is 5.91 Å². The lowest BCUT2D eigenvalue weighted by Crippen LogP contribution is -2.57. The molecule has 0 bridgehead atoms. The van der Waals surface area contributed by atoms with Crippen molar-refractivity contribution >= 4 is 29.9 Å². The van der Waals surface area contributed by atoms with Crippen molar-refractivity contribution < 1.29 is 14.1 Å². The molecule has 1 amide bonds. The molecule has 1 aliphatic heterocycles. The Kier molecular flexibility index (Phi) is 6.40. The van der Waals surface area contributed by atoms with Crippen molar-refractivity contribution in [1.82, 2.24) is 15.5 Å². The summed E-state index contributed by atoms with van der Waals surface area (Å²) in [5, 5.41) is 7.42. The molecule has 0 spiro atoms. The molecule has 0 saturated carbocycles. The fourth-order valence-corrected chi connectivity index (χ4v) is 2.61. The average molecular weight is 387 g/mol. The van der Waals surface area contributed by atoms with Gasteiger partial charge in [-0.1, -0.05) is 16.8 Å². The van der Waals surface area contributed by atoms with Gasteiger partial charge in [-0.05, 0) is 44.0 Å². The Bertz CT molecular complexity index is 714. The number of ether oxygens (including phenoxy) is 1. The van der Waals surface area contributed by atoms with Crippen molar-refractivity contribution in [3.8, 4) is 11.5 Å². The number of rotatable bonds is 4. The average Bonchev–Trinajstić information content (AvgIpc) is 3.06. The second kappa shape index (κ2) is 8.14. The zero-order chi connectivity index (χ0) is 17.2. The molecular weight excluding hydrogens is 367 g/mol. The predicted octanol–water partition coefficient (Wildman–Crippen LogP) is 2.50. The number of nitrogens with two attached hydrogens (primary N) is 1. The lowest BCUT2D eigenvalue weighted by molar-refractivity contribution is -0.130. The molecule has 3 rings (SSSR count). The Morgan fingerprint density at radius 1 is 1.32 bits per heavy atom. The molecule has 9 heteroatoms. The summed E-state index contributed by atoms with van der Waals surface area (Å²) in [6.07, 6.45) is 0.988. The number of nitrogens with one attached hydrogen (secondary N) is 1. The fraction of sp³-hybridized carbons (Fsp3) is 0.438. The van der Waals surface area contributed by atoms with E-state index in [1.807, 2.05) is 0 Å². The van der Waals surface area contributed by atoms with Crippen LogP contribution in [0.5, 0.6) is 0 Å². The Morgan fingerprint density at radius 3 is 2.60 bits per heavy atom. The summed E-state index contributed by atoms with van der Waals surface area (Å²) in [4.78, 5) is 16.8. The minimum Gasteiger partial charge on any atom is -0.381 e. The monoisotopic (exact) mass is 386 g/mol. The van der Waals surface area contributed by atoms with E-state index >= 15 is 0 Å². The minimum atomic E-state index is -0.907. The van der Waals surface area contributed by atoms with Crippen LogP contribution in [0.2, 0.25) is 5.02 Å². The van der Waals surface area contributed by atoms with Crippen LogP contribution in [0.15, 0.2) is 28.8 Å². The molecule has 136 valence electrons. The molecule has 2 aromatic rings. The molecule has 7 nitrogen and oxygen atoms in total. The van der Waals surface area contributed by atoms with Crippen molar-refractivity contribution in [2.24, 2.45) is 5.73 Å². The van der Waals surface area contributed by atoms with Crippen LogP contribution in [0, 0.1) is 0 Å². The van der Waals surface area contributed by atoms with Crippen molar-refractivity contribution in [3.63, 3.8) is 0 Å². The molecule has 2 heterocycles. The standard InChI is InChI=1S/C16H19ClN4O3.ClH/c1-10(19-15(22)16(18)6-8-23-9-7-16)13-20-14(24-21-13)11-2-4-12(17)5-3-11;/h2-5,10H,6-9,18H2,1H3,(H,19,22);1H. The molecule has 3 N–H and O–H groups in total. The molecule has 1 aromatic carbocycles.